The largest absolute Gasteiger partial charge is 0.479 e. The molecule has 0 saturated heterocycles. The van der Waals surface area contributed by atoms with Crippen LogP contribution in [0, 0.1) is 5.92 Å². The summed E-state index contributed by atoms with van der Waals surface area (Å²) in [6, 6.07) is 15.2. The number of rotatable bonds is 10. The Bertz CT molecular complexity index is 936. The topological polar surface area (TPSA) is 148 Å². The fourth-order valence-electron chi connectivity index (χ4n) is 2.86. The fourth-order valence-corrected chi connectivity index (χ4v) is 4.53. The van der Waals surface area contributed by atoms with Crippen LogP contribution in [0.5, 0.6) is 0 Å². The van der Waals surface area contributed by atoms with E-state index in [1.54, 1.807) is 50.2 Å². The van der Waals surface area contributed by atoms with Crippen molar-refractivity contribution >= 4 is 19.7 Å². The van der Waals surface area contributed by atoms with E-state index in [4.69, 9.17) is 15.0 Å². The quantitative estimate of drug-likeness (QED) is 0.403. The van der Waals surface area contributed by atoms with Gasteiger partial charge in [-0.1, -0.05) is 68.4 Å². The number of hydrogen-bond donors (Lipinski definition) is 4. The molecule has 0 aromatic heterocycles. The van der Waals surface area contributed by atoms with Gasteiger partial charge in [0.2, 0.25) is 0 Å². The van der Waals surface area contributed by atoms with Crippen LogP contribution in [0.1, 0.15) is 36.6 Å². The Hall–Kier alpha value is -2.71. The van der Waals surface area contributed by atoms with E-state index in [1.807, 2.05) is 6.07 Å². The molecule has 9 nitrogen and oxygen atoms in total. The van der Waals surface area contributed by atoms with Crippen LogP contribution < -0.4 is 11.1 Å². The normalized spacial score (nSPS) is 15.0. The summed E-state index contributed by atoms with van der Waals surface area (Å²) in [5, 5.41) is 11.9. The third-order valence-electron chi connectivity index (χ3n) is 4.43. The Morgan fingerprint density at radius 2 is 1.74 bits per heavy atom. The molecule has 0 aliphatic carbocycles. The van der Waals surface area contributed by atoms with E-state index in [1.165, 1.54) is 12.1 Å². The molecule has 5 N–H and O–H groups in total. The predicted molar refractivity (Wildman–Crippen MR) is 114 cm³/mol. The first-order chi connectivity index (χ1) is 14.6. The summed E-state index contributed by atoms with van der Waals surface area (Å²) in [5.41, 5.74) is 7.13. The Balaban J connectivity index is 2.14. The van der Waals surface area contributed by atoms with Crippen LogP contribution in [0.15, 0.2) is 54.6 Å². The first-order valence-electron chi connectivity index (χ1n) is 9.64. The van der Waals surface area contributed by atoms with Crippen molar-refractivity contribution in [1.29, 1.82) is 0 Å². The molecule has 0 heterocycles. The number of nitrogens with one attached hydrogen (secondary N) is 1. The number of benzene rings is 2. The lowest BCUT2D eigenvalue weighted by molar-refractivity contribution is -0.145. The van der Waals surface area contributed by atoms with E-state index >= 15 is 0 Å². The molecule has 2 rings (SSSR count). The van der Waals surface area contributed by atoms with Crippen LogP contribution in [0.25, 0.3) is 0 Å². The van der Waals surface area contributed by atoms with Gasteiger partial charge in [0.1, 0.15) is 12.4 Å². The van der Waals surface area contributed by atoms with Gasteiger partial charge in [-0.2, -0.15) is 0 Å². The molecule has 1 amide bonds. The van der Waals surface area contributed by atoms with E-state index in [9.17, 15) is 24.2 Å². The van der Waals surface area contributed by atoms with Crippen molar-refractivity contribution in [2.24, 2.45) is 11.7 Å². The van der Waals surface area contributed by atoms with Gasteiger partial charge < -0.3 is 25.8 Å². The van der Waals surface area contributed by atoms with Crippen molar-refractivity contribution in [3.63, 3.8) is 0 Å². The maximum atomic E-state index is 13.0. The standard InChI is InChI=1S/C21H27N2O7P/c1-14(2)19(23-21(26)29-13-15-7-4-3-5-8-15)31(27,28)30-18(20(24)25)17-10-6-9-16(11-17)12-22/h3-11,14,18-19H,12-13,22H2,1-2H3,(H,23,26)(H,24,25)(H,27,28)/t18-,19+/m0/s1. The van der Waals surface area contributed by atoms with E-state index < -0.39 is 37.5 Å². The highest BCUT2D eigenvalue weighted by Gasteiger charge is 2.41. The van der Waals surface area contributed by atoms with E-state index in [0.717, 1.165) is 5.56 Å². The molecule has 0 fully saturated rings. The Labute approximate surface area is 180 Å². The maximum Gasteiger partial charge on any atom is 0.408 e. The molecule has 0 radical (unpaired) electrons. The lowest BCUT2D eigenvalue weighted by atomic mass is 10.1. The second kappa shape index (κ2) is 11.1. The first kappa shape index (κ1) is 24.6. The molecule has 0 saturated carbocycles. The van der Waals surface area contributed by atoms with Crippen molar-refractivity contribution in [1.82, 2.24) is 5.32 Å². The van der Waals surface area contributed by atoms with Crippen molar-refractivity contribution in [3.05, 3.63) is 71.3 Å². The van der Waals surface area contributed by atoms with Crippen molar-refractivity contribution in [2.75, 3.05) is 0 Å². The van der Waals surface area contributed by atoms with Crippen molar-refractivity contribution < 1.29 is 33.4 Å². The molecule has 168 valence electrons. The van der Waals surface area contributed by atoms with Gasteiger partial charge in [0.25, 0.3) is 0 Å². The minimum Gasteiger partial charge on any atom is -0.479 e. The van der Waals surface area contributed by atoms with E-state index in [2.05, 4.69) is 5.32 Å². The van der Waals surface area contributed by atoms with Crippen LogP contribution in [0.4, 0.5) is 4.79 Å². The molecular weight excluding hydrogens is 423 g/mol. The van der Waals surface area contributed by atoms with Crippen molar-refractivity contribution in [3.8, 4) is 0 Å². The van der Waals surface area contributed by atoms with Gasteiger partial charge in [0.15, 0.2) is 6.10 Å². The van der Waals surface area contributed by atoms with Gasteiger partial charge in [0, 0.05) is 6.54 Å². The highest BCUT2D eigenvalue weighted by atomic mass is 31.2. The fraction of sp³-hybridized carbons (Fsp3) is 0.333. The Morgan fingerprint density at radius 3 is 2.32 bits per heavy atom. The lowest BCUT2D eigenvalue weighted by Crippen LogP contribution is -2.39. The smallest absolute Gasteiger partial charge is 0.408 e. The minimum absolute atomic E-state index is 0.0301. The molecule has 31 heavy (non-hydrogen) atoms. The van der Waals surface area contributed by atoms with Crippen LogP contribution in [0.3, 0.4) is 0 Å². The summed E-state index contributed by atoms with van der Waals surface area (Å²) in [6.45, 7) is 3.33. The number of aliphatic carboxylic acids is 1. The summed E-state index contributed by atoms with van der Waals surface area (Å²) in [6.07, 6.45) is -2.64. The molecule has 0 spiro atoms. The average Bonchev–Trinajstić information content (AvgIpc) is 2.74. The number of carbonyl (C=O) groups is 2. The first-order valence-corrected chi connectivity index (χ1v) is 11.3. The van der Waals surface area contributed by atoms with E-state index in [0.29, 0.717) is 5.56 Å². The zero-order valence-corrected chi connectivity index (χ0v) is 18.2. The highest BCUT2D eigenvalue weighted by Crippen LogP contribution is 2.52. The van der Waals surface area contributed by atoms with E-state index in [-0.39, 0.29) is 18.7 Å². The number of nitrogens with two attached hydrogens (primary N) is 1. The number of carbonyl (C=O) groups excluding carboxylic acids is 1. The number of carboxylic acid groups (broad SMARTS) is 1. The summed E-state index contributed by atoms with van der Waals surface area (Å²) in [5.74, 6) is -3.38. The summed E-state index contributed by atoms with van der Waals surface area (Å²) < 4.78 is 23.3. The minimum atomic E-state index is -4.63. The molecule has 3 atom stereocenters. The Kier molecular flexibility index (Phi) is 8.76. The maximum absolute atomic E-state index is 13.0. The summed E-state index contributed by atoms with van der Waals surface area (Å²) in [4.78, 5) is 34.5. The number of carboxylic acids is 1. The lowest BCUT2D eigenvalue weighted by Gasteiger charge is -2.28. The number of alkyl carbamates (subject to hydrolysis) is 1. The van der Waals surface area contributed by atoms with Gasteiger partial charge in [-0.25, -0.2) is 9.59 Å². The van der Waals surface area contributed by atoms with Gasteiger partial charge in [0.05, 0.1) is 0 Å². The zero-order chi connectivity index (χ0) is 23.0. The number of amides is 1. The van der Waals surface area contributed by atoms with Crippen LogP contribution in [-0.2, 0) is 31.8 Å². The molecule has 1 unspecified atom stereocenters. The molecular formula is C21H27N2O7P. The second-order valence-corrected chi connectivity index (χ2v) is 9.13. The van der Waals surface area contributed by atoms with Crippen LogP contribution in [0.2, 0.25) is 0 Å². The summed E-state index contributed by atoms with van der Waals surface area (Å²) >= 11 is 0. The van der Waals surface area contributed by atoms with Gasteiger partial charge >= 0.3 is 19.7 Å². The third-order valence-corrected chi connectivity index (χ3v) is 6.37. The Morgan fingerprint density at radius 1 is 1.10 bits per heavy atom. The SMILES string of the molecule is CC(C)[C@H](NC(=O)OCc1ccccc1)P(=O)(O)O[C@H](C(=O)O)c1cccc(CN)c1. The van der Waals surface area contributed by atoms with Gasteiger partial charge in [-0.3, -0.25) is 9.09 Å². The monoisotopic (exact) mass is 450 g/mol. The number of ether oxygens (including phenoxy) is 1. The molecule has 2 aromatic rings. The second-order valence-electron chi connectivity index (χ2n) is 7.23. The average molecular weight is 450 g/mol. The molecule has 0 aliphatic heterocycles. The number of hydrogen-bond acceptors (Lipinski definition) is 6. The zero-order valence-electron chi connectivity index (χ0n) is 17.3. The van der Waals surface area contributed by atoms with Gasteiger partial charge in [-0.15, -0.1) is 0 Å². The molecule has 2 aromatic carbocycles. The highest BCUT2D eigenvalue weighted by molar-refractivity contribution is 7.53. The molecule has 0 bridgehead atoms. The molecule has 0 aliphatic rings. The summed E-state index contributed by atoms with van der Waals surface area (Å²) in [7, 11) is -4.63. The van der Waals surface area contributed by atoms with Crippen LogP contribution >= 0.6 is 7.60 Å². The van der Waals surface area contributed by atoms with Crippen molar-refractivity contribution in [2.45, 2.75) is 38.9 Å². The van der Waals surface area contributed by atoms with Gasteiger partial charge in [-0.05, 0) is 22.6 Å². The third kappa shape index (κ3) is 7.18. The van der Waals surface area contributed by atoms with Crippen LogP contribution in [-0.4, -0.2) is 27.8 Å². The predicted octanol–water partition coefficient (Wildman–Crippen LogP) is 3.38. The molecule has 10 heteroatoms.